The summed E-state index contributed by atoms with van der Waals surface area (Å²) >= 11 is 13.3. The van der Waals surface area contributed by atoms with Gasteiger partial charge in [0.1, 0.15) is 33.2 Å². The van der Waals surface area contributed by atoms with E-state index in [0.29, 0.717) is 104 Å². The van der Waals surface area contributed by atoms with Crippen molar-refractivity contribution in [1.82, 2.24) is 45.9 Å². The Morgan fingerprint density at radius 1 is 0.456 bits per heavy atom. The lowest BCUT2D eigenvalue weighted by atomic mass is 10.1. The number of carbonyl (C=O) groups excluding carboxylic acids is 6. The summed E-state index contributed by atoms with van der Waals surface area (Å²) in [4.78, 5) is 111. The zero-order valence-corrected chi connectivity index (χ0v) is 59.5. The Bertz CT molecular complexity index is 4160. The lowest BCUT2D eigenvalue weighted by molar-refractivity contribution is -0.118. The average Bonchev–Trinajstić information content (AvgIpc) is 0.773. The van der Waals surface area contributed by atoms with Crippen LogP contribution in [0.3, 0.4) is 0 Å². The van der Waals surface area contributed by atoms with Crippen molar-refractivity contribution >= 4 is 111 Å². The molecule has 0 bridgehead atoms. The molecule has 0 spiro atoms. The minimum absolute atomic E-state index is 0.0847. The predicted octanol–water partition coefficient (Wildman–Crippen LogP) is 5.97. The maximum atomic E-state index is 13.5. The van der Waals surface area contributed by atoms with Crippen LogP contribution in [-0.4, -0.2) is 213 Å². The molecule has 6 atom stereocenters. The van der Waals surface area contributed by atoms with E-state index in [4.69, 9.17) is 70.6 Å². The number of hydrogen-bond acceptors (Lipinski definition) is 25. The van der Waals surface area contributed by atoms with Crippen LogP contribution >= 0.6 is 23.2 Å². The second-order valence-electron chi connectivity index (χ2n) is 23.4. The number of anilines is 9. The van der Waals surface area contributed by atoms with Crippen molar-refractivity contribution in [3.05, 3.63) is 120 Å². The molecule has 6 unspecified atom stereocenters. The molecule has 6 aliphatic rings. The summed E-state index contributed by atoms with van der Waals surface area (Å²) < 4.78 is 54.1. The van der Waals surface area contributed by atoms with Crippen LogP contribution in [0.25, 0.3) is 0 Å². The molecule has 0 saturated carbocycles. The van der Waals surface area contributed by atoms with Crippen LogP contribution in [0, 0.1) is 0 Å². The van der Waals surface area contributed by atoms with Gasteiger partial charge in [-0.2, -0.15) is 15.0 Å². The van der Waals surface area contributed by atoms with Crippen LogP contribution in [0.5, 0.6) is 40.2 Å². The van der Waals surface area contributed by atoms with E-state index in [1.807, 2.05) is 24.3 Å². The van der Waals surface area contributed by atoms with Crippen molar-refractivity contribution in [2.45, 2.75) is 55.9 Å². The monoisotopic (exact) mass is 1460 g/mol. The van der Waals surface area contributed by atoms with Gasteiger partial charge in [0, 0.05) is 74.2 Å². The third-order valence-corrected chi connectivity index (χ3v) is 17.9. The quantitative estimate of drug-likeness (QED) is 0.0426. The van der Waals surface area contributed by atoms with Crippen molar-refractivity contribution in [3.63, 3.8) is 0 Å². The molecule has 36 heteroatoms. The minimum Gasteiger partial charge on any atom is -0.497 e. The molecule has 3 aromatic carbocycles. The van der Waals surface area contributed by atoms with Gasteiger partial charge in [0.05, 0.1) is 157 Å². The molecule has 3 saturated heterocycles. The first-order valence-electron chi connectivity index (χ1n) is 31.8. The first-order valence-corrected chi connectivity index (χ1v) is 32.6. The van der Waals surface area contributed by atoms with Crippen molar-refractivity contribution < 1.29 is 76.1 Å². The number of methoxy groups -OCH3 is 7. The Labute approximate surface area is 602 Å². The van der Waals surface area contributed by atoms with E-state index in [-0.39, 0.29) is 118 Å². The summed E-state index contributed by atoms with van der Waals surface area (Å²) in [5.41, 5.74) is 3.76. The van der Waals surface area contributed by atoms with Gasteiger partial charge in [-0.25, -0.2) is 29.3 Å². The maximum absolute atomic E-state index is 13.5. The van der Waals surface area contributed by atoms with E-state index in [1.54, 1.807) is 68.8 Å². The number of benzene rings is 3. The summed E-state index contributed by atoms with van der Waals surface area (Å²) in [5.74, 6) is 4.16. The van der Waals surface area contributed by atoms with Gasteiger partial charge in [-0.05, 0) is 42.5 Å². The lowest BCUT2D eigenvalue weighted by Gasteiger charge is -2.35. The Morgan fingerprint density at radius 2 is 0.786 bits per heavy atom. The van der Waals surface area contributed by atoms with E-state index < -0.39 is 6.03 Å². The second kappa shape index (κ2) is 33.1. The molecule has 12 rings (SSSR count). The maximum Gasteiger partial charge on any atom is 0.330 e. The van der Waals surface area contributed by atoms with Crippen LogP contribution in [0.1, 0.15) is 16.7 Å². The normalized spacial score (nSPS) is 19.4. The van der Waals surface area contributed by atoms with Crippen molar-refractivity contribution in [2.24, 2.45) is 0 Å². The first-order chi connectivity index (χ1) is 49.6. The minimum atomic E-state index is -0.435. The number of fused-ring (bicyclic) bond motifs is 3. The van der Waals surface area contributed by atoms with Gasteiger partial charge in [0.25, 0.3) is 0 Å². The van der Waals surface area contributed by atoms with Gasteiger partial charge in [0.2, 0.25) is 47.1 Å². The van der Waals surface area contributed by atoms with E-state index >= 15 is 0 Å². The molecule has 9 heterocycles. The predicted molar refractivity (Wildman–Crippen MR) is 382 cm³/mol. The fourth-order valence-electron chi connectivity index (χ4n) is 11.8. The molecule has 546 valence electrons. The number of amides is 9. The number of ether oxygens (including phenoxy) is 10. The first kappa shape index (κ1) is 74.5. The highest BCUT2D eigenvalue weighted by molar-refractivity contribution is 6.42. The molecule has 0 radical (unpaired) electrons. The number of hydrogen-bond donors (Lipinski definition) is 6. The van der Waals surface area contributed by atoms with Crippen molar-refractivity contribution in [2.75, 3.05) is 156 Å². The van der Waals surface area contributed by atoms with Gasteiger partial charge in [-0.3, -0.25) is 43.8 Å². The molecule has 6 aliphatic heterocycles. The van der Waals surface area contributed by atoms with Crippen LogP contribution in [0.4, 0.5) is 66.7 Å². The number of nitrogens with one attached hydrogen (secondary N) is 6. The van der Waals surface area contributed by atoms with E-state index in [0.717, 1.165) is 22.6 Å². The van der Waals surface area contributed by atoms with Gasteiger partial charge in [0.15, 0.2) is 23.0 Å². The standard InChI is InChI=1S/C23H26Cl2N6O6.C23H28N6O6.C21H24N6O4/c1-6-14(32)27-12-9-37-10-13(12)28-22-26-7-11-8-31(23(33)30(2)21(11)29-22)17-15(24)18(34-3)20(36-5)19(35-4)16(17)25;1-6-19(30)25-15-11-35-12-16(15)26-22-24-9-13-10-29(23(31)28(2)21(13)27-22)14-7-17(32-3)20(34-5)18(8-14)33-4;1-4-18(28)23-16-11-31-12-17(16)24-20-22-9-13-10-27(21(29)26(2)19(13)25-20)14-5-7-15(30-3)8-6-14/h6-7,12-13H,1,8-10H2,2-5H3,(H,27,32)(H,26,28,29);6-9,15-16H,1,10-12H2,2-5H3,(H,25,30)(H,24,26,27);4-9,16-17H,1,10-12H2,2-3H3,(H,23,28)(H,22,24,25). The SMILES string of the molecule is C=CC(=O)NC1COCC1Nc1ncc2c(n1)N(C)C(=O)N(c1c(Cl)c(OC)c(OC)c(OC)c1Cl)C2.C=CC(=O)NC1COCC1Nc1ncc2c(n1)N(C)C(=O)N(c1cc(OC)c(OC)c(OC)c1)C2.C=CC(=O)NC1COCC1Nc1ncc2c(n1)N(C)C(=O)N(c1ccc(OC)cc1)C2. The van der Waals surface area contributed by atoms with Crippen LogP contribution < -0.4 is 94.5 Å². The number of rotatable bonds is 22. The molecular weight excluding hydrogens is 1380 g/mol. The molecular formula is C67H78Cl2N18O16. The summed E-state index contributed by atoms with van der Waals surface area (Å²) in [6, 6.07) is 8.37. The molecule has 3 fully saturated rings. The smallest absolute Gasteiger partial charge is 0.330 e. The summed E-state index contributed by atoms with van der Waals surface area (Å²) in [6.45, 7) is 13.3. The van der Waals surface area contributed by atoms with Gasteiger partial charge >= 0.3 is 18.1 Å². The van der Waals surface area contributed by atoms with Crippen LogP contribution in [0.2, 0.25) is 10.0 Å². The molecule has 9 amide bonds. The highest BCUT2D eigenvalue weighted by Crippen LogP contribution is 2.55. The van der Waals surface area contributed by atoms with Gasteiger partial charge in [-0.1, -0.05) is 42.9 Å². The third-order valence-electron chi connectivity index (χ3n) is 17.2. The van der Waals surface area contributed by atoms with Crippen molar-refractivity contribution in [1.29, 1.82) is 0 Å². The molecule has 34 nitrogen and oxygen atoms in total. The molecule has 3 aromatic heterocycles. The largest absolute Gasteiger partial charge is 0.497 e. The Balaban J connectivity index is 0.000000167. The number of aromatic nitrogens is 6. The molecule has 6 aromatic rings. The number of carbonyl (C=O) groups is 6. The van der Waals surface area contributed by atoms with Gasteiger partial charge < -0.3 is 79.3 Å². The summed E-state index contributed by atoms with van der Waals surface area (Å²) in [7, 11) is 15.3. The number of urea groups is 3. The third kappa shape index (κ3) is 16.0. The Hall–Kier alpha value is -11.2. The second-order valence-corrected chi connectivity index (χ2v) is 24.1. The topological polar surface area (TPSA) is 364 Å². The molecule has 0 aliphatic carbocycles. The fourth-order valence-corrected chi connectivity index (χ4v) is 12.6. The zero-order valence-electron chi connectivity index (χ0n) is 58.0. The fraction of sp³-hybridized carbons (Fsp3) is 0.373. The molecule has 103 heavy (non-hydrogen) atoms. The van der Waals surface area contributed by atoms with Crippen LogP contribution in [-0.2, 0) is 48.2 Å². The van der Waals surface area contributed by atoms with E-state index in [2.05, 4.69) is 81.5 Å². The number of nitrogens with zero attached hydrogens (tertiary/aromatic N) is 12. The van der Waals surface area contributed by atoms with Crippen molar-refractivity contribution in [3.8, 4) is 40.2 Å². The van der Waals surface area contributed by atoms with Crippen LogP contribution in [0.15, 0.2) is 93.0 Å². The number of halogens is 2. The zero-order chi connectivity index (χ0) is 73.9. The summed E-state index contributed by atoms with van der Waals surface area (Å²) in [5, 5.41) is 18.2. The Kier molecular flexibility index (Phi) is 23.9. The average molecular weight is 1460 g/mol. The lowest BCUT2D eigenvalue weighted by Crippen LogP contribution is -2.47. The van der Waals surface area contributed by atoms with E-state index in [1.165, 1.54) is 80.5 Å². The summed E-state index contributed by atoms with van der Waals surface area (Å²) in [6.07, 6.45) is 8.62. The Morgan fingerprint density at radius 3 is 1.12 bits per heavy atom. The highest BCUT2D eigenvalue weighted by Gasteiger charge is 2.40. The van der Waals surface area contributed by atoms with E-state index in [9.17, 15) is 28.8 Å². The highest BCUT2D eigenvalue weighted by atomic mass is 35.5. The molecule has 6 N–H and O–H groups in total. The van der Waals surface area contributed by atoms with Gasteiger partial charge in [-0.15, -0.1) is 0 Å².